The largest absolute Gasteiger partial charge is 0.465 e. The minimum absolute atomic E-state index is 0.00544. The molecule has 2 aliphatic heterocycles. The molecule has 39 heavy (non-hydrogen) atoms. The molecule has 3 unspecified atom stereocenters. The summed E-state index contributed by atoms with van der Waals surface area (Å²) >= 11 is 6.08. The fraction of sp³-hybridized carbons (Fsp3) is 0.714. The molecule has 9 nitrogen and oxygen atoms in total. The molecule has 2 amide bonds. The van der Waals surface area contributed by atoms with E-state index in [1.165, 1.54) is 0 Å². The van der Waals surface area contributed by atoms with E-state index in [9.17, 15) is 23.1 Å². The number of benzene rings is 1. The van der Waals surface area contributed by atoms with Crippen LogP contribution in [0, 0.1) is 11.8 Å². The minimum Gasteiger partial charge on any atom is -0.465 e. The van der Waals surface area contributed by atoms with Crippen LogP contribution in [0.4, 0.5) is 4.79 Å². The van der Waals surface area contributed by atoms with Crippen LogP contribution in [0.3, 0.4) is 0 Å². The lowest BCUT2D eigenvalue weighted by Gasteiger charge is -2.40. The maximum absolute atomic E-state index is 13.7. The summed E-state index contributed by atoms with van der Waals surface area (Å²) in [5.41, 5.74) is 0.852. The smallest absolute Gasteiger partial charge is 0.405 e. The monoisotopic (exact) mass is 582 g/mol. The van der Waals surface area contributed by atoms with Crippen molar-refractivity contribution in [2.24, 2.45) is 11.8 Å². The van der Waals surface area contributed by atoms with Gasteiger partial charge in [-0.2, -0.15) is 4.31 Å². The lowest BCUT2D eigenvalue weighted by atomic mass is 9.79. The van der Waals surface area contributed by atoms with Crippen molar-refractivity contribution in [2.75, 3.05) is 18.8 Å². The Balaban J connectivity index is 1.46. The average Bonchev–Trinajstić information content (AvgIpc) is 3.00. The average molecular weight is 583 g/mol. The van der Waals surface area contributed by atoms with Gasteiger partial charge in [0.1, 0.15) is 6.04 Å². The van der Waals surface area contributed by atoms with Crippen molar-refractivity contribution in [3.05, 3.63) is 34.9 Å². The number of fused-ring (bicyclic) bond motifs is 2. The Hall–Kier alpha value is -1.88. The Bertz CT molecular complexity index is 1100. The summed E-state index contributed by atoms with van der Waals surface area (Å²) in [6, 6.07) is 6.34. The number of carbonyl (C=O) groups excluding carboxylic acids is 1. The first kappa shape index (κ1) is 30.1. The zero-order valence-corrected chi connectivity index (χ0v) is 24.5. The second-order valence-corrected chi connectivity index (χ2v) is 14.2. The first-order valence-corrected chi connectivity index (χ1v) is 16.3. The number of amides is 2. The van der Waals surface area contributed by atoms with Gasteiger partial charge in [0.15, 0.2) is 0 Å². The second kappa shape index (κ2) is 13.2. The molecule has 7 atom stereocenters. The Morgan fingerprint density at radius 2 is 1.82 bits per heavy atom. The summed E-state index contributed by atoms with van der Waals surface area (Å²) < 4.78 is 27.5. The molecule has 3 fully saturated rings. The van der Waals surface area contributed by atoms with E-state index in [1.54, 1.807) is 16.4 Å². The summed E-state index contributed by atoms with van der Waals surface area (Å²) in [6.45, 7) is 5.16. The third-order valence-electron chi connectivity index (χ3n) is 8.76. The zero-order valence-electron chi connectivity index (χ0n) is 22.9. The van der Waals surface area contributed by atoms with E-state index in [0.29, 0.717) is 24.5 Å². The van der Waals surface area contributed by atoms with Gasteiger partial charge in [-0.25, -0.2) is 13.2 Å². The third kappa shape index (κ3) is 7.65. The molecule has 0 aromatic heterocycles. The molecular weight excluding hydrogens is 540 g/mol. The number of hydrogen-bond acceptors (Lipinski definition) is 5. The van der Waals surface area contributed by atoms with Gasteiger partial charge in [-0.1, -0.05) is 50.4 Å². The number of halogens is 1. The molecule has 1 aromatic carbocycles. The van der Waals surface area contributed by atoms with Crippen LogP contribution >= 0.6 is 11.6 Å². The molecule has 0 spiro atoms. The van der Waals surface area contributed by atoms with Crippen molar-refractivity contribution < 1.29 is 23.1 Å². The highest BCUT2D eigenvalue weighted by Crippen LogP contribution is 2.33. The van der Waals surface area contributed by atoms with Gasteiger partial charge in [-0.3, -0.25) is 4.79 Å². The predicted octanol–water partition coefficient (Wildman–Crippen LogP) is 3.94. The molecule has 1 saturated carbocycles. The maximum atomic E-state index is 13.7. The molecule has 0 radical (unpaired) electrons. The minimum atomic E-state index is -3.24. The molecule has 4 N–H and O–H groups in total. The lowest BCUT2D eigenvalue weighted by Crippen LogP contribution is -2.57. The molecule has 4 rings (SSSR count). The van der Waals surface area contributed by atoms with Gasteiger partial charge in [0.05, 0.1) is 5.75 Å². The van der Waals surface area contributed by atoms with Gasteiger partial charge in [0.2, 0.25) is 15.9 Å². The number of hydrogen-bond donors (Lipinski definition) is 4. The van der Waals surface area contributed by atoms with Crippen molar-refractivity contribution in [2.45, 2.75) is 95.3 Å². The highest BCUT2D eigenvalue weighted by molar-refractivity contribution is 7.89. The summed E-state index contributed by atoms with van der Waals surface area (Å²) in [5.74, 6) is -0.260. The molecule has 1 aromatic rings. The second-order valence-electron chi connectivity index (χ2n) is 11.8. The normalized spacial score (nSPS) is 30.1. The third-order valence-corrected chi connectivity index (χ3v) is 11.0. The first-order valence-electron chi connectivity index (χ1n) is 14.3. The number of carboxylic acid groups (broad SMARTS) is 1. The van der Waals surface area contributed by atoms with Crippen LogP contribution in [-0.2, 0) is 14.8 Å². The molecule has 2 heterocycles. The van der Waals surface area contributed by atoms with E-state index >= 15 is 0 Å². The number of carbonyl (C=O) groups is 2. The van der Waals surface area contributed by atoms with Crippen LogP contribution in [0.2, 0.25) is 5.02 Å². The van der Waals surface area contributed by atoms with Crippen molar-refractivity contribution in [3.8, 4) is 0 Å². The summed E-state index contributed by atoms with van der Waals surface area (Å²) in [6.07, 6.45) is 5.76. The van der Waals surface area contributed by atoms with Gasteiger partial charge in [0.25, 0.3) is 0 Å². The van der Waals surface area contributed by atoms with E-state index < -0.39 is 22.2 Å². The topological polar surface area (TPSA) is 128 Å². The molecule has 11 heteroatoms. The number of nitrogens with one attached hydrogen (secondary N) is 3. The fourth-order valence-corrected chi connectivity index (χ4v) is 8.70. The van der Waals surface area contributed by atoms with Gasteiger partial charge >= 0.3 is 6.09 Å². The summed E-state index contributed by atoms with van der Waals surface area (Å²) in [4.78, 5) is 25.4. The van der Waals surface area contributed by atoms with Crippen molar-refractivity contribution in [1.29, 1.82) is 0 Å². The standard InChI is InChI=1S/C28H43ClN4O5S/c1-18(2)25(20-9-12-21(29)13-10-20)26(32-28(35)36)27(34)31-24-8-4-3-6-19(24)11-14-23-16-30-22-7-5-15-39(37,38)33(23)17-22/h9-10,12-13,18-19,22-26,30,32H,3-8,11,14-17H2,1-2H3,(H,31,34)(H,35,36)/t19-,22-,23+,24+,25?,26?/m1/s1. The van der Waals surface area contributed by atoms with E-state index in [4.69, 9.17) is 11.6 Å². The highest BCUT2D eigenvalue weighted by atomic mass is 35.5. The fourth-order valence-electron chi connectivity index (χ4n) is 6.77. The quantitative estimate of drug-likeness (QED) is 0.349. The molecular formula is C28H43ClN4O5S. The van der Waals surface area contributed by atoms with E-state index in [-0.39, 0.29) is 47.5 Å². The van der Waals surface area contributed by atoms with E-state index in [1.807, 2.05) is 26.0 Å². The van der Waals surface area contributed by atoms with E-state index in [2.05, 4.69) is 16.0 Å². The number of sulfonamides is 1. The Labute approximate surface area is 237 Å². The lowest BCUT2D eigenvalue weighted by molar-refractivity contribution is -0.125. The Morgan fingerprint density at radius 3 is 2.51 bits per heavy atom. The maximum Gasteiger partial charge on any atom is 0.405 e. The summed E-state index contributed by atoms with van der Waals surface area (Å²) in [5, 5.41) is 19.4. The first-order chi connectivity index (χ1) is 18.5. The zero-order chi connectivity index (χ0) is 28.2. The number of rotatable bonds is 9. The van der Waals surface area contributed by atoms with E-state index in [0.717, 1.165) is 50.5 Å². The number of nitrogens with zero attached hydrogens (tertiary/aromatic N) is 1. The van der Waals surface area contributed by atoms with Crippen molar-refractivity contribution >= 4 is 33.6 Å². The molecule has 3 aliphatic rings. The van der Waals surface area contributed by atoms with Crippen LogP contribution in [0.25, 0.3) is 0 Å². The van der Waals surface area contributed by atoms with Crippen LogP contribution in [0.15, 0.2) is 24.3 Å². The van der Waals surface area contributed by atoms with Crippen LogP contribution in [0.5, 0.6) is 0 Å². The molecule has 2 saturated heterocycles. The SMILES string of the molecule is CC(C)C(c1ccc(Cl)cc1)C(NC(=O)O)C(=O)N[C@H]1CCCC[C@@H]1CC[C@H]1CN[C@@H]2CCCS(=O)(=O)N1C2. The van der Waals surface area contributed by atoms with Gasteiger partial charge in [0, 0.05) is 42.2 Å². The van der Waals surface area contributed by atoms with Crippen molar-refractivity contribution in [1.82, 2.24) is 20.3 Å². The van der Waals surface area contributed by atoms with Crippen molar-refractivity contribution in [3.63, 3.8) is 0 Å². The summed E-state index contributed by atoms with van der Waals surface area (Å²) in [7, 11) is -3.24. The Morgan fingerprint density at radius 1 is 1.10 bits per heavy atom. The van der Waals surface area contributed by atoms with Gasteiger partial charge in [-0.05, 0) is 68.1 Å². The highest BCUT2D eigenvalue weighted by Gasteiger charge is 2.40. The van der Waals surface area contributed by atoms with Crippen LogP contribution < -0.4 is 16.0 Å². The molecule has 218 valence electrons. The molecule has 1 aliphatic carbocycles. The van der Waals surface area contributed by atoms with Crippen LogP contribution in [-0.4, -0.2) is 72.8 Å². The molecule has 2 bridgehead atoms. The van der Waals surface area contributed by atoms with Crippen LogP contribution in [0.1, 0.15) is 76.7 Å². The predicted molar refractivity (Wildman–Crippen MR) is 152 cm³/mol. The van der Waals surface area contributed by atoms with Gasteiger partial charge < -0.3 is 21.1 Å². The Kier molecular flexibility index (Phi) is 10.2. The van der Waals surface area contributed by atoms with Gasteiger partial charge in [-0.15, -0.1) is 0 Å². The number of piperazine rings is 1.